The maximum atomic E-state index is 5.53. The standard InChI is InChI=1S/C20H44N2/c1-3-5-6-7-8-9-10-11-13-16-19-22(4-2)20-17-14-12-15-18-21/h3-21H2,1-2H3. The van der Waals surface area contributed by atoms with Gasteiger partial charge in [0.05, 0.1) is 0 Å². The summed E-state index contributed by atoms with van der Waals surface area (Å²) in [5, 5.41) is 0. The van der Waals surface area contributed by atoms with Gasteiger partial charge in [-0.05, 0) is 45.4 Å². The Bertz CT molecular complexity index is 194. The summed E-state index contributed by atoms with van der Waals surface area (Å²) >= 11 is 0. The molecule has 0 spiro atoms. The van der Waals surface area contributed by atoms with E-state index in [1.165, 1.54) is 110 Å². The van der Waals surface area contributed by atoms with E-state index in [4.69, 9.17) is 5.73 Å². The first kappa shape index (κ1) is 21.9. The van der Waals surface area contributed by atoms with Gasteiger partial charge in [0.1, 0.15) is 0 Å². The number of hydrogen-bond donors (Lipinski definition) is 1. The number of hydrogen-bond acceptors (Lipinski definition) is 2. The largest absolute Gasteiger partial charge is 0.330 e. The molecular weight excluding hydrogens is 268 g/mol. The third-order valence-electron chi connectivity index (χ3n) is 4.70. The van der Waals surface area contributed by atoms with Crippen molar-refractivity contribution in [2.45, 2.75) is 104 Å². The zero-order valence-corrected chi connectivity index (χ0v) is 15.8. The van der Waals surface area contributed by atoms with E-state index in [9.17, 15) is 0 Å². The molecule has 0 saturated carbocycles. The molecule has 0 aliphatic heterocycles. The molecule has 0 radical (unpaired) electrons. The van der Waals surface area contributed by atoms with Crippen LogP contribution in [0.2, 0.25) is 0 Å². The first-order valence-electron chi connectivity index (χ1n) is 10.3. The molecule has 2 N–H and O–H groups in total. The van der Waals surface area contributed by atoms with Crippen LogP contribution in [0.15, 0.2) is 0 Å². The second-order valence-corrected chi connectivity index (χ2v) is 6.82. The maximum absolute atomic E-state index is 5.53. The predicted molar refractivity (Wildman–Crippen MR) is 101 cm³/mol. The van der Waals surface area contributed by atoms with Gasteiger partial charge in [0.2, 0.25) is 0 Å². The Morgan fingerprint density at radius 3 is 1.36 bits per heavy atom. The van der Waals surface area contributed by atoms with Gasteiger partial charge in [-0.2, -0.15) is 0 Å². The van der Waals surface area contributed by atoms with Crippen LogP contribution in [0.3, 0.4) is 0 Å². The molecule has 2 heteroatoms. The maximum Gasteiger partial charge on any atom is -0.00189 e. The van der Waals surface area contributed by atoms with Gasteiger partial charge in [-0.3, -0.25) is 0 Å². The molecule has 0 heterocycles. The Morgan fingerprint density at radius 1 is 0.545 bits per heavy atom. The highest BCUT2D eigenvalue weighted by molar-refractivity contribution is 4.57. The minimum Gasteiger partial charge on any atom is -0.330 e. The first-order chi connectivity index (χ1) is 10.8. The van der Waals surface area contributed by atoms with E-state index in [1.807, 2.05) is 0 Å². The predicted octanol–water partition coefficient (Wildman–Crippen LogP) is 5.75. The van der Waals surface area contributed by atoms with Crippen molar-refractivity contribution in [3.8, 4) is 0 Å². The molecule has 0 aliphatic carbocycles. The molecule has 0 fully saturated rings. The average Bonchev–Trinajstić information content (AvgIpc) is 2.54. The molecule has 134 valence electrons. The van der Waals surface area contributed by atoms with Gasteiger partial charge in [-0.15, -0.1) is 0 Å². The zero-order chi connectivity index (χ0) is 16.3. The van der Waals surface area contributed by atoms with Crippen molar-refractivity contribution < 1.29 is 0 Å². The van der Waals surface area contributed by atoms with Crippen molar-refractivity contribution >= 4 is 0 Å². The second kappa shape index (κ2) is 19.0. The Labute approximate surface area is 141 Å². The van der Waals surface area contributed by atoms with E-state index >= 15 is 0 Å². The summed E-state index contributed by atoms with van der Waals surface area (Å²) < 4.78 is 0. The highest BCUT2D eigenvalue weighted by Gasteiger charge is 2.01. The van der Waals surface area contributed by atoms with Crippen LogP contribution in [0.5, 0.6) is 0 Å². The highest BCUT2D eigenvalue weighted by atomic mass is 15.1. The molecule has 0 aromatic carbocycles. The lowest BCUT2D eigenvalue weighted by molar-refractivity contribution is 0.273. The van der Waals surface area contributed by atoms with Crippen LogP contribution in [0, 0.1) is 0 Å². The number of unbranched alkanes of at least 4 members (excludes halogenated alkanes) is 12. The molecule has 0 aromatic rings. The summed E-state index contributed by atoms with van der Waals surface area (Å²) in [6, 6.07) is 0. The lowest BCUT2D eigenvalue weighted by atomic mass is 10.1. The van der Waals surface area contributed by atoms with Crippen LogP contribution in [0.4, 0.5) is 0 Å². The monoisotopic (exact) mass is 312 g/mol. The van der Waals surface area contributed by atoms with Crippen molar-refractivity contribution in [1.29, 1.82) is 0 Å². The van der Waals surface area contributed by atoms with Crippen molar-refractivity contribution in [3.05, 3.63) is 0 Å². The van der Waals surface area contributed by atoms with Crippen molar-refractivity contribution in [3.63, 3.8) is 0 Å². The Kier molecular flexibility index (Phi) is 18.9. The molecule has 0 saturated heterocycles. The fourth-order valence-electron chi connectivity index (χ4n) is 3.08. The summed E-state index contributed by atoms with van der Waals surface area (Å²) in [4.78, 5) is 2.63. The van der Waals surface area contributed by atoms with Gasteiger partial charge in [0.15, 0.2) is 0 Å². The lowest BCUT2D eigenvalue weighted by Gasteiger charge is -2.20. The van der Waals surface area contributed by atoms with Gasteiger partial charge in [0.25, 0.3) is 0 Å². The van der Waals surface area contributed by atoms with Gasteiger partial charge >= 0.3 is 0 Å². The molecule has 0 rings (SSSR count). The van der Waals surface area contributed by atoms with Gasteiger partial charge in [0, 0.05) is 0 Å². The van der Waals surface area contributed by atoms with E-state index in [-0.39, 0.29) is 0 Å². The van der Waals surface area contributed by atoms with Gasteiger partial charge < -0.3 is 10.6 Å². The molecule has 0 amide bonds. The topological polar surface area (TPSA) is 29.3 Å². The first-order valence-corrected chi connectivity index (χ1v) is 10.3. The van der Waals surface area contributed by atoms with Gasteiger partial charge in [-0.25, -0.2) is 0 Å². The summed E-state index contributed by atoms with van der Waals surface area (Å²) in [5.74, 6) is 0. The molecule has 0 unspecified atom stereocenters. The number of nitrogens with zero attached hydrogens (tertiary/aromatic N) is 1. The molecule has 0 aliphatic rings. The molecule has 2 nitrogen and oxygen atoms in total. The van der Waals surface area contributed by atoms with Crippen molar-refractivity contribution in [2.24, 2.45) is 5.73 Å². The minimum absolute atomic E-state index is 0.857. The molecule has 0 atom stereocenters. The van der Waals surface area contributed by atoms with E-state index in [0.717, 1.165) is 6.54 Å². The third kappa shape index (κ3) is 16.3. The summed E-state index contributed by atoms with van der Waals surface area (Å²) in [5.41, 5.74) is 5.53. The zero-order valence-electron chi connectivity index (χ0n) is 15.8. The minimum atomic E-state index is 0.857. The van der Waals surface area contributed by atoms with E-state index < -0.39 is 0 Å². The quantitative estimate of drug-likeness (QED) is 0.327. The van der Waals surface area contributed by atoms with Crippen LogP contribution < -0.4 is 5.73 Å². The lowest BCUT2D eigenvalue weighted by Crippen LogP contribution is -2.25. The van der Waals surface area contributed by atoms with E-state index in [2.05, 4.69) is 18.7 Å². The number of rotatable bonds is 18. The third-order valence-corrected chi connectivity index (χ3v) is 4.70. The summed E-state index contributed by atoms with van der Waals surface area (Å²) in [6.45, 7) is 9.27. The van der Waals surface area contributed by atoms with Crippen molar-refractivity contribution in [2.75, 3.05) is 26.2 Å². The van der Waals surface area contributed by atoms with Crippen LogP contribution in [0.1, 0.15) is 104 Å². The molecule has 22 heavy (non-hydrogen) atoms. The SMILES string of the molecule is CCCCCCCCCCCCN(CC)CCCCCCN. The normalized spacial score (nSPS) is 11.5. The summed E-state index contributed by atoms with van der Waals surface area (Å²) in [7, 11) is 0. The Balaban J connectivity index is 3.25. The Hall–Kier alpha value is -0.0800. The van der Waals surface area contributed by atoms with Crippen LogP contribution in [0.25, 0.3) is 0 Å². The van der Waals surface area contributed by atoms with E-state index in [1.54, 1.807) is 0 Å². The fraction of sp³-hybridized carbons (Fsp3) is 1.00. The summed E-state index contributed by atoms with van der Waals surface area (Å²) in [6.07, 6.45) is 19.6. The van der Waals surface area contributed by atoms with Crippen molar-refractivity contribution in [1.82, 2.24) is 4.90 Å². The second-order valence-electron chi connectivity index (χ2n) is 6.82. The fourth-order valence-corrected chi connectivity index (χ4v) is 3.08. The van der Waals surface area contributed by atoms with Crippen LogP contribution in [-0.4, -0.2) is 31.1 Å². The molecule has 0 bridgehead atoms. The highest BCUT2D eigenvalue weighted by Crippen LogP contribution is 2.11. The van der Waals surface area contributed by atoms with Crippen LogP contribution >= 0.6 is 0 Å². The van der Waals surface area contributed by atoms with Crippen LogP contribution in [-0.2, 0) is 0 Å². The average molecular weight is 313 g/mol. The Morgan fingerprint density at radius 2 is 0.955 bits per heavy atom. The number of nitrogens with two attached hydrogens (primary N) is 1. The smallest absolute Gasteiger partial charge is 0.00189 e. The molecular formula is C20H44N2. The molecule has 0 aromatic heterocycles. The van der Waals surface area contributed by atoms with E-state index in [0.29, 0.717) is 0 Å². The van der Waals surface area contributed by atoms with Gasteiger partial charge in [-0.1, -0.05) is 84.5 Å².